The van der Waals surface area contributed by atoms with Gasteiger partial charge < -0.3 is 15.0 Å². The normalized spacial score (nSPS) is 18.9. The first-order valence-electron chi connectivity index (χ1n) is 9.36. The average molecular weight is 399 g/mol. The van der Waals surface area contributed by atoms with Crippen LogP contribution in [0.1, 0.15) is 12.0 Å². The van der Waals surface area contributed by atoms with Crippen molar-refractivity contribution in [2.45, 2.75) is 13.0 Å². The SMILES string of the molecule is COc1ccc(NC(=O)C[C@H]2C(=O)N(Cc3ccccc3)C[C@@H]2CSC)cc1. The third-order valence-corrected chi connectivity index (χ3v) is 5.79. The van der Waals surface area contributed by atoms with Crippen molar-refractivity contribution >= 4 is 29.3 Å². The van der Waals surface area contributed by atoms with Gasteiger partial charge in [0.15, 0.2) is 0 Å². The lowest BCUT2D eigenvalue weighted by atomic mass is 9.93. The van der Waals surface area contributed by atoms with Crippen molar-refractivity contribution in [3.63, 3.8) is 0 Å². The highest BCUT2D eigenvalue weighted by atomic mass is 32.2. The van der Waals surface area contributed by atoms with E-state index in [-0.39, 0.29) is 30.1 Å². The number of likely N-dealkylation sites (tertiary alicyclic amines) is 1. The number of nitrogens with one attached hydrogen (secondary N) is 1. The van der Waals surface area contributed by atoms with Gasteiger partial charge in [-0.3, -0.25) is 9.59 Å². The second-order valence-corrected chi connectivity index (χ2v) is 7.92. The van der Waals surface area contributed by atoms with Crippen molar-refractivity contribution in [3.8, 4) is 5.75 Å². The standard InChI is InChI=1S/C22H26N2O3S/c1-27-19-10-8-18(9-11-19)23-21(25)12-20-17(15-28-2)14-24(22(20)26)13-16-6-4-3-5-7-16/h3-11,17,20H,12-15H2,1-2H3,(H,23,25)/t17-,20-/m1/s1. The van der Waals surface area contributed by atoms with Crippen LogP contribution in [0, 0.1) is 11.8 Å². The zero-order valence-electron chi connectivity index (χ0n) is 16.3. The fourth-order valence-electron chi connectivity index (χ4n) is 3.61. The number of carbonyl (C=O) groups excluding carboxylic acids is 2. The Bertz CT molecular complexity index is 795. The average Bonchev–Trinajstić information content (AvgIpc) is 2.98. The van der Waals surface area contributed by atoms with Gasteiger partial charge in [-0.25, -0.2) is 0 Å². The minimum absolute atomic E-state index is 0.0767. The molecular weight excluding hydrogens is 372 g/mol. The van der Waals surface area contributed by atoms with E-state index in [9.17, 15) is 9.59 Å². The Morgan fingerprint density at radius 1 is 1.18 bits per heavy atom. The lowest BCUT2D eigenvalue weighted by Crippen LogP contribution is -2.29. The summed E-state index contributed by atoms with van der Waals surface area (Å²) in [5, 5.41) is 2.90. The molecule has 0 unspecified atom stereocenters. The van der Waals surface area contributed by atoms with E-state index in [1.54, 1.807) is 43.1 Å². The van der Waals surface area contributed by atoms with E-state index in [2.05, 4.69) is 5.32 Å². The predicted molar refractivity (Wildman–Crippen MR) is 113 cm³/mol. The van der Waals surface area contributed by atoms with Crippen molar-refractivity contribution in [3.05, 3.63) is 60.2 Å². The van der Waals surface area contributed by atoms with E-state index in [1.165, 1.54) is 0 Å². The number of ether oxygens (including phenoxy) is 1. The molecule has 0 bridgehead atoms. The number of hydrogen-bond acceptors (Lipinski definition) is 4. The summed E-state index contributed by atoms with van der Waals surface area (Å²) in [7, 11) is 1.60. The number of benzene rings is 2. The van der Waals surface area contributed by atoms with E-state index >= 15 is 0 Å². The molecule has 28 heavy (non-hydrogen) atoms. The molecule has 2 atom stereocenters. The minimum Gasteiger partial charge on any atom is -0.497 e. The van der Waals surface area contributed by atoms with Gasteiger partial charge in [-0.2, -0.15) is 11.8 Å². The van der Waals surface area contributed by atoms with Gasteiger partial charge in [-0.15, -0.1) is 0 Å². The summed E-state index contributed by atoms with van der Waals surface area (Å²) in [5.74, 6) is 1.48. The molecule has 6 heteroatoms. The predicted octanol–water partition coefficient (Wildman–Crippen LogP) is 3.66. The molecule has 1 aliphatic rings. The number of hydrogen-bond donors (Lipinski definition) is 1. The smallest absolute Gasteiger partial charge is 0.226 e. The number of rotatable bonds is 8. The molecule has 0 saturated carbocycles. The lowest BCUT2D eigenvalue weighted by molar-refractivity contribution is -0.133. The highest BCUT2D eigenvalue weighted by Gasteiger charge is 2.40. The van der Waals surface area contributed by atoms with Crippen LogP contribution in [-0.4, -0.2) is 42.4 Å². The molecule has 0 aromatic heterocycles. The van der Waals surface area contributed by atoms with Crippen LogP contribution < -0.4 is 10.1 Å². The zero-order valence-corrected chi connectivity index (χ0v) is 17.1. The molecule has 5 nitrogen and oxygen atoms in total. The summed E-state index contributed by atoms with van der Waals surface area (Å²) in [6.45, 7) is 1.30. The number of thioether (sulfide) groups is 1. The topological polar surface area (TPSA) is 58.6 Å². The first kappa shape index (κ1) is 20.3. The molecule has 2 aromatic rings. The number of amides is 2. The van der Waals surface area contributed by atoms with Crippen LogP contribution in [0.15, 0.2) is 54.6 Å². The molecule has 0 spiro atoms. The van der Waals surface area contributed by atoms with E-state index in [0.717, 1.165) is 17.1 Å². The molecule has 1 saturated heterocycles. The first-order chi connectivity index (χ1) is 13.6. The summed E-state index contributed by atoms with van der Waals surface area (Å²) < 4.78 is 5.13. The van der Waals surface area contributed by atoms with Gasteiger partial charge in [0.2, 0.25) is 11.8 Å². The molecule has 3 rings (SSSR count). The highest BCUT2D eigenvalue weighted by Crippen LogP contribution is 2.31. The van der Waals surface area contributed by atoms with Gasteiger partial charge in [0, 0.05) is 25.2 Å². The van der Waals surface area contributed by atoms with Crippen molar-refractivity contribution in [1.82, 2.24) is 4.90 Å². The number of methoxy groups -OCH3 is 1. The van der Waals surface area contributed by atoms with E-state index in [0.29, 0.717) is 18.8 Å². The largest absolute Gasteiger partial charge is 0.497 e. The van der Waals surface area contributed by atoms with E-state index < -0.39 is 0 Å². The van der Waals surface area contributed by atoms with Crippen molar-refractivity contribution in [2.24, 2.45) is 11.8 Å². The molecule has 1 heterocycles. The van der Waals surface area contributed by atoms with Crippen LogP contribution in [0.4, 0.5) is 5.69 Å². The van der Waals surface area contributed by atoms with Crippen LogP contribution in [0.2, 0.25) is 0 Å². The van der Waals surface area contributed by atoms with Crippen molar-refractivity contribution < 1.29 is 14.3 Å². The van der Waals surface area contributed by atoms with Crippen LogP contribution in [0.5, 0.6) is 5.75 Å². The van der Waals surface area contributed by atoms with Crippen LogP contribution in [-0.2, 0) is 16.1 Å². The molecule has 2 aromatic carbocycles. The Balaban J connectivity index is 1.64. The molecule has 148 valence electrons. The molecule has 2 amide bonds. The van der Waals surface area contributed by atoms with Crippen LogP contribution >= 0.6 is 11.8 Å². The fourth-order valence-corrected chi connectivity index (χ4v) is 4.37. The molecule has 0 radical (unpaired) electrons. The van der Waals surface area contributed by atoms with Gasteiger partial charge in [-0.1, -0.05) is 30.3 Å². The minimum atomic E-state index is -0.269. The number of nitrogens with zero attached hydrogens (tertiary/aromatic N) is 1. The number of anilines is 1. The summed E-state index contributed by atoms with van der Waals surface area (Å²) >= 11 is 1.72. The van der Waals surface area contributed by atoms with Crippen molar-refractivity contribution in [2.75, 3.05) is 31.0 Å². The van der Waals surface area contributed by atoms with E-state index in [1.807, 2.05) is 41.5 Å². The Morgan fingerprint density at radius 2 is 1.89 bits per heavy atom. The fraction of sp³-hybridized carbons (Fsp3) is 0.364. The van der Waals surface area contributed by atoms with Crippen molar-refractivity contribution in [1.29, 1.82) is 0 Å². The van der Waals surface area contributed by atoms with E-state index in [4.69, 9.17) is 4.74 Å². The van der Waals surface area contributed by atoms with Gasteiger partial charge >= 0.3 is 0 Å². The third kappa shape index (κ3) is 5.07. The number of carbonyl (C=O) groups is 2. The maximum absolute atomic E-state index is 13.0. The molecular formula is C22H26N2O3S. The first-order valence-corrected chi connectivity index (χ1v) is 10.8. The van der Waals surface area contributed by atoms with Gasteiger partial charge in [0.1, 0.15) is 5.75 Å². The van der Waals surface area contributed by atoms with Crippen LogP contribution in [0.3, 0.4) is 0 Å². The molecule has 1 N–H and O–H groups in total. The van der Waals surface area contributed by atoms with Crippen LogP contribution in [0.25, 0.3) is 0 Å². The van der Waals surface area contributed by atoms with Gasteiger partial charge in [-0.05, 0) is 47.8 Å². The second-order valence-electron chi connectivity index (χ2n) is 7.01. The Morgan fingerprint density at radius 3 is 2.54 bits per heavy atom. The maximum Gasteiger partial charge on any atom is 0.226 e. The highest BCUT2D eigenvalue weighted by molar-refractivity contribution is 7.98. The lowest BCUT2D eigenvalue weighted by Gasteiger charge is -2.16. The molecule has 1 fully saturated rings. The third-order valence-electron chi connectivity index (χ3n) is 5.03. The summed E-state index contributed by atoms with van der Waals surface area (Å²) in [6, 6.07) is 17.2. The molecule has 1 aliphatic heterocycles. The summed E-state index contributed by atoms with van der Waals surface area (Å²) in [4.78, 5) is 27.4. The Hall–Kier alpha value is -2.47. The van der Waals surface area contributed by atoms with Gasteiger partial charge in [0.25, 0.3) is 0 Å². The maximum atomic E-state index is 13.0. The Kier molecular flexibility index (Phi) is 6.98. The zero-order chi connectivity index (χ0) is 19.9. The summed E-state index contributed by atoms with van der Waals surface area (Å²) in [5.41, 5.74) is 1.82. The monoisotopic (exact) mass is 398 g/mol. The summed E-state index contributed by atoms with van der Waals surface area (Å²) in [6.07, 6.45) is 2.25. The van der Waals surface area contributed by atoms with Gasteiger partial charge in [0.05, 0.1) is 13.0 Å². The Labute approximate surface area is 170 Å². The molecule has 0 aliphatic carbocycles. The quantitative estimate of drug-likeness (QED) is 0.737. The second kappa shape index (κ2) is 9.64.